The standard InChI is InChI=1S/C12H19N3/c1-3-13-9-10-5-4-8-14-12(10)15(2)11-6-7-11/h4-5,8,11,13H,3,6-7,9H2,1-2H3. The van der Waals surface area contributed by atoms with Crippen LogP contribution in [-0.4, -0.2) is 24.6 Å². The summed E-state index contributed by atoms with van der Waals surface area (Å²) < 4.78 is 0. The molecule has 0 radical (unpaired) electrons. The molecule has 2 rings (SSSR count). The Hall–Kier alpha value is -1.09. The van der Waals surface area contributed by atoms with Crippen molar-refractivity contribution in [3.8, 4) is 0 Å². The zero-order valence-corrected chi connectivity index (χ0v) is 9.53. The van der Waals surface area contributed by atoms with Gasteiger partial charge in [-0.2, -0.15) is 0 Å². The lowest BCUT2D eigenvalue weighted by Gasteiger charge is -2.20. The Kier molecular flexibility index (Phi) is 3.21. The lowest BCUT2D eigenvalue weighted by atomic mass is 10.2. The van der Waals surface area contributed by atoms with Crippen molar-refractivity contribution in [1.29, 1.82) is 0 Å². The van der Waals surface area contributed by atoms with Gasteiger partial charge in [0.1, 0.15) is 5.82 Å². The van der Waals surface area contributed by atoms with Crippen LogP contribution in [0.15, 0.2) is 18.3 Å². The smallest absolute Gasteiger partial charge is 0.132 e. The van der Waals surface area contributed by atoms with Gasteiger partial charge >= 0.3 is 0 Å². The Morgan fingerprint density at radius 3 is 3.00 bits per heavy atom. The lowest BCUT2D eigenvalue weighted by molar-refractivity contribution is 0.719. The maximum absolute atomic E-state index is 4.48. The molecule has 1 N–H and O–H groups in total. The predicted molar refractivity (Wildman–Crippen MR) is 63.0 cm³/mol. The second-order valence-corrected chi connectivity index (χ2v) is 4.11. The Balaban J connectivity index is 2.12. The van der Waals surface area contributed by atoms with Crippen LogP contribution in [0.5, 0.6) is 0 Å². The first-order chi connectivity index (χ1) is 7.33. The molecule has 1 aliphatic carbocycles. The van der Waals surface area contributed by atoms with E-state index in [2.05, 4.69) is 35.2 Å². The molecular weight excluding hydrogens is 186 g/mol. The number of hydrogen-bond acceptors (Lipinski definition) is 3. The highest BCUT2D eigenvalue weighted by molar-refractivity contribution is 5.47. The average Bonchev–Trinajstić information content (AvgIpc) is 3.09. The summed E-state index contributed by atoms with van der Waals surface area (Å²) in [6.07, 6.45) is 4.51. The fourth-order valence-electron chi connectivity index (χ4n) is 1.78. The van der Waals surface area contributed by atoms with Gasteiger partial charge in [-0.05, 0) is 25.5 Å². The molecule has 0 spiro atoms. The highest BCUT2D eigenvalue weighted by Crippen LogP contribution is 2.30. The molecule has 15 heavy (non-hydrogen) atoms. The van der Waals surface area contributed by atoms with Crippen molar-refractivity contribution < 1.29 is 0 Å². The molecule has 3 nitrogen and oxygen atoms in total. The van der Waals surface area contributed by atoms with Crippen molar-refractivity contribution >= 4 is 5.82 Å². The molecular formula is C12H19N3. The zero-order chi connectivity index (χ0) is 10.7. The van der Waals surface area contributed by atoms with Crippen LogP contribution in [-0.2, 0) is 6.54 Å². The largest absolute Gasteiger partial charge is 0.356 e. The van der Waals surface area contributed by atoms with Crippen LogP contribution < -0.4 is 10.2 Å². The van der Waals surface area contributed by atoms with Gasteiger partial charge in [0.15, 0.2) is 0 Å². The number of aromatic nitrogens is 1. The lowest BCUT2D eigenvalue weighted by Crippen LogP contribution is -2.24. The van der Waals surface area contributed by atoms with E-state index in [1.165, 1.54) is 18.4 Å². The Morgan fingerprint density at radius 2 is 2.33 bits per heavy atom. The Morgan fingerprint density at radius 1 is 1.53 bits per heavy atom. The molecule has 0 unspecified atom stereocenters. The highest BCUT2D eigenvalue weighted by atomic mass is 15.2. The minimum Gasteiger partial charge on any atom is -0.356 e. The summed E-state index contributed by atoms with van der Waals surface area (Å²) in [5, 5.41) is 3.35. The molecule has 1 fully saturated rings. The summed E-state index contributed by atoms with van der Waals surface area (Å²) in [6.45, 7) is 4.04. The van der Waals surface area contributed by atoms with Crippen LogP contribution >= 0.6 is 0 Å². The van der Waals surface area contributed by atoms with Gasteiger partial charge in [0.05, 0.1) is 0 Å². The van der Waals surface area contributed by atoms with Gasteiger partial charge in [0, 0.05) is 31.4 Å². The molecule has 1 saturated carbocycles. The van der Waals surface area contributed by atoms with E-state index >= 15 is 0 Å². The van der Waals surface area contributed by atoms with Crippen molar-refractivity contribution in [2.24, 2.45) is 0 Å². The molecule has 0 saturated heterocycles. The quantitative estimate of drug-likeness (QED) is 0.794. The summed E-state index contributed by atoms with van der Waals surface area (Å²) in [7, 11) is 2.15. The van der Waals surface area contributed by atoms with Crippen LogP contribution in [0.3, 0.4) is 0 Å². The van der Waals surface area contributed by atoms with E-state index in [1.807, 2.05) is 12.3 Å². The van der Waals surface area contributed by atoms with Crippen molar-refractivity contribution in [2.45, 2.75) is 32.4 Å². The minimum atomic E-state index is 0.722. The van der Waals surface area contributed by atoms with E-state index in [0.717, 1.165) is 24.9 Å². The summed E-state index contributed by atoms with van der Waals surface area (Å²) in [5.74, 6) is 1.14. The molecule has 1 aromatic rings. The van der Waals surface area contributed by atoms with Crippen molar-refractivity contribution in [3.63, 3.8) is 0 Å². The van der Waals surface area contributed by atoms with Crippen LogP contribution in [0.2, 0.25) is 0 Å². The summed E-state index contributed by atoms with van der Waals surface area (Å²) in [5.41, 5.74) is 1.30. The van der Waals surface area contributed by atoms with Crippen molar-refractivity contribution in [3.05, 3.63) is 23.9 Å². The first kappa shape index (κ1) is 10.4. The average molecular weight is 205 g/mol. The van der Waals surface area contributed by atoms with E-state index in [-0.39, 0.29) is 0 Å². The maximum Gasteiger partial charge on any atom is 0.132 e. The molecule has 0 aromatic carbocycles. The Labute approximate surface area is 91.5 Å². The van der Waals surface area contributed by atoms with Gasteiger partial charge in [0.25, 0.3) is 0 Å². The topological polar surface area (TPSA) is 28.2 Å². The second kappa shape index (κ2) is 4.62. The number of hydrogen-bond donors (Lipinski definition) is 1. The number of rotatable bonds is 5. The molecule has 1 aliphatic rings. The van der Waals surface area contributed by atoms with Gasteiger partial charge < -0.3 is 10.2 Å². The van der Waals surface area contributed by atoms with E-state index in [1.54, 1.807) is 0 Å². The van der Waals surface area contributed by atoms with Crippen molar-refractivity contribution in [1.82, 2.24) is 10.3 Å². The number of nitrogens with zero attached hydrogens (tertiary/aromatic N) is 2. The second-order valence-electron chi connectivity index (χ2n) is 4.11. The van der Waals surface area contributed by atoms with Crippen LogP contribution in [0.25, 0.3) is 0 Å². The van der Waals surface area contributed by atoms with E-state index in [9.17, 15) is 0 Å². The number of anilines is 1. The van der Waals surface area contributed by atoms with Gasteiger partial charge in [-0.1, -0.05) is 13.0 Å². The molecule has 82 valence electrons. The fourth-order valence-corrected chi connectivity index (χ4v) is 1.78. The molecule has 3 heteroatoms. The normalized spacial score (nSPS) is 15.3. The molecule has 0 amide bonds. The summed E-state index contributed by atoms with van der Waals surface area (Å²) in [4.78, 5) is 6.79. The zero-order valence-electron chi connectivity index (χ0n) is 9.53. The monoisotopic (exact) mass is 205 g/mol. The first-order valence-electron chi connectivity index (χ1n) is 5.70. The number of nitrogens with one attached hydrogen (secondary N) is 1. The predicted octanol–water partition coefficient (Wildman–Crippen LogP) is 1.79. The molecule has 0 bridgehead atoms. The molecule has 1 heterocycles. The fraction of sp³-hybridized carbons (Fsp3) is 0.583. The summed E-state index contributed by atoms with van der Waals surface area (Å²) in [6, 6.07) is 4.89. The van der Waals surface area contributed by atoms with E-state index < -0.39 is 0 Å². The van der Waals surface area contributed by atoms with Gasteiger partial charge in [-0.3, -0.25) is 0 Å². The SMILES string of the molecule is CCNCc1cccnc1N(C)C1CC1. The third-order valence-electron chi connectivity index (χ3n) is 2.86. The first-order valence-corrected chi connectivity index (χ1v) is 5.70. The summed E-state index contributed by atoms with van der Waals surface area (Å²) >= 11 is 0. The maximum atomic E-state index is 4.48. The third-order valence-corrected chi connectivity index (χ3v) is 2.86. The molecule has 0 atom stereocenters. The van der Waals surface area contributed by atoms with Crippen LogP contribution in [0, 0.1) is 0 Å². The third kappa shape index (κ3) is 2.48. The van der Waals surface area contributed by atoms with Crippen LogP contribution in [0.1, 0.15) is 25.3 Å². The number of pyridine rings is 1. The Bertz CT molecular complexity index is 320. The van der Waals surface area contributed by atoms with E-state index in [0.29, 0.717) is 0 Å². The van der Waals surface area contributed by atoms with Gasteiger partial charge in [-0.15, -0.1) is 0 Å². The molecule has 1 aromatic heterocycles. The highest BCUT2D eigenvalue weighted by Gasteiger charge is 2.28. The van der Waals surface area contributed by atoms with Crippen molar-refractivity contribution in [2.75, 3.05) is 18.5 Å². The van der Waals surface area contributed by atoms with Gasteiger partial charge in [-0.25, -0.2) is 4.98 Å². The molecule has 0 aliphatic heterocycles. The van der Waals surface area contributed by atoms with Crippen LogP contribution in [0.4, 0.5) is 5.82 Å². The minimum absolute atomic E-state index is 0.722. The van der Waals surface area contributed by atoms with E-state index in [4.69, 9.17) is 0 Å². The van der Waals surface area contributed by atoms with Gasteiger partial charge in [0.2, 0.25) is 0 Å².